The number of nitrogens with zero attached hydrogens (tertiary/aromatic N) is 2. The number of carbonyl (C=O) groups is 1. The Morgan fingerprint density at radius 3 is 2.57 bits per heavy atom. The highest BCUT2D eigenvalue weighted by Gasteiger charge is 2.34. The second-order valence-corrected chi connectivity index (χ2v) is 10.1. The van der Waals surface area contributed by atoms with Crippen LogP contribution in [-0.4, -0.2) is 31.3 Å². The van der Waals surface area contributed by atoms with Crippen LogP contribution in [0.25, 0.3) is 0 Å². The minimum absolute atomic E-state index is 0.208. The summed E-state index contributed by atoms with van der Waals surface area (Å²) < 4.78 is 25.3. The number of halogens is 1. The normalized spacial score (nSPS) is 16.4. The predicted octanol–water partition coefficient (Wildman–Crippen LogP) is 4.76. The lowest BCUT2D eigenvalue weighted by molar-refractivity contribution is 0.0714. The molecule has 0 fully saturated rings. The number of anilines is 1. The van der Waals surface area contributed by atoms with Crippen molar-refractivity contribution in [2.45, 2.75) is 12.5 Å². The molecule has 1 N–H and O–H groups in total. The summed E-state index contributed by atoms with van der Waals surface area (Å²) >= 11 is 7.64. The number of carbonyl (C=O) groups excluding carboxylic acids is 1. The van der Waals surface area contributed by atoms with Gasteiger partial charge >= 0.3 is 0 Å². The van der Waals surface area contributed by atoms with Gasteiger partial charge in [-0.2, -0.15) is 5.10 Å². The molecule has 0 unspecified atom stereocenters. The molecule has 30 heavy (non-hydrogen) atoms. The molecule has 0 saturated heterocycles. The summed E-state index contributed by atoms with van der Waals surface area (Å²) in [5.41, 5.74) is 2.54. The van der Waals surface area contributed by atoms with Crippen molar-refractivity contribution < 1.29 is 13.2 Å². The summed E-state index contributed by atoms with van der Waals surface area (Å²) in [5, 5.41) is 8.61. The molecular formula is C21H18ClN3O3S2. The van der Waals surface area contributed by atoms with Gasteiger partial charge in [-0.25, -0.2) is 13.4 Å². The van der Waals surface area contributed by atoms with Crippen LogP contribution in [0.15, 0.2) is 71.1 Å². The van der Waals surface area contributed by atoms with Crippen molar-refractivity contribution in [1.29, 1.82) is 0 Å². The molecule has 1 aliphatic heterocycles. The molecule has 2 heterocycles. The van der Waals surface area contributed by atoms with E-state index in [2.05, 4.69) is 9.82 Å². The van der Waals surface area contributed by atoms with Gasteiger partial charge in [0.2, 0.25) is 10.0 Å². The van der Waals surface area contributed by atoms with Gasteiger partial charge in [-0.15, -0.1) is 11.3 Å². The molecule has 2 aromatic carbocycles. The highest BCUT2D eigenvalue weighted by molar-refractivity contribution is 7.92. The van der Waals surface area contributed by atoms with Crippen LogP contribution in [-0.2, 0) is 10.0 Å². The highest BCUT2D eigenvalue weighted by Crippen LogP contribution is 2.36. The first-order valence-corrected chi connectivity index (χ1v) is 12.2. The minimum Gasteiger partial charge on any atom is -0.284 e. The highest BCUT2D eigenvalue weighted by atomic mass is 35.5. The zero-order valence-corrected chi connectivity index (χ0v) is 18.3. The third-order valence-corrected chi connectivity index (χ3v) is 6.40. The van der Waals surface area contributed by atoms with E-state index in [9.17, 15) is 13.2 Å². The van der Waals surface area contributed by atoms with Crippen molar-refractivity contribution in [3.63, 3.8) is 0 Å². The van der Waals surface area contributed by atoms with Crippen LogP contribution < -0.4 is 4.72 Å². The van der Waals surface area contributed by atoms with Crippen LogP contribution in [0.5, 0.6) is 0 Å². The van der Waals surface area contributed by atoms with E-state index in [1.807, 2.05) is 17.5 Å². The van der Waals surface area contributed by atoms with E-state index in [1.165, 1.54) is 5.01 Å². The number of nitrogens with one attached hydrogen (secondary N) is 1. The first kappa shape index (κ1) is 20.6. The van der Waals surface area contributed by atoms with Crippen LogP contribution in [0.4, 0.5) is 5.69 Å². The van der Waals surface area contributed by atoms with Crippen LogP contribution in [0.1, 0.15) is 33.3 Å². The SMILES string of the molecule is CS(=O)(=O)Nc1ccc(C2=NN(C(=O)c3cccc(Cl)c3)[C@H](c3cccs3)C2)cc1. The number of amides is 1. The number of sulfonamides is 1. The molecular weight excluding hydrogens is 442 g/mol. The molecule has 4 rings (SSSR count). The van der Waals surface area contributed by atoms with Crippen molar-refractivity contribution in [3.05, 3.63) is 87.1 Å². The first-order valence-electron chi connectivity index (χ1n) is 9.08. The largest absolute Gasteiger partial charge is 0.284 e. The Kier molecular flexibility index (Phi) is 5.64. The van der Waals surface area contributed by atoms with Gasteiger partial charge in [0.25, 0.3) is 5.91 Å². The lowest BCUT2D eigenvalue weighted by Crippen LogP contribution is -2.26. The molecule has 0 radical (unpaired) electrons. The Morgan fingerprint density at radius 1 is 1.17 bits per heavy atom. The zero-order chi connectivity index (χ0) is 21.3. The molecule has 0 spiro atoms. The van der Waals surface area contributed by atoms with Crippen molar-refractivity contribution in [1.82, 2.24) is 5.01 Å². The third kappa shape index (κ3) is 4.56. The fraction of sp³-hybridized carbons (Fsp3) is 0.143. The third-order valence-electron chi connectivity index (χ3n) is 4.58. The topological polar surface area (TPSA) is 78.8 Å². The monoisotopic (exact) mass is 459 g/mol. The average molecular weight is 460 g/mol. The summed E-state index contributed by atoms with van der Waals surface area (Å²) in [6.45, 7) is 0. The molecule has 1 amide bonds. The minimum atomic E-state index is -3.34. The number of hydrazone groups is 1. The molecule has 0 aliphatic carbocycles. The molecule has 9 heteroatoms. The van der Waals surface area contributed by atoms with Gasteiger partial charge in [0.1, 0.15) is 0 Å². The van der Waals surface area contributed by atoms with Crippen molar-refractivity contribution in [2.75, 3.05) is 11.0 Å². The molecule has 1 aliphatic rings. The van der Waals surface area contributed by atoms with Gasteiger partial charge in [-0.05, 0) is 47.3 Å². The second-order valence-electron chi connectivity index (χ2n) is 6.89. The van der Waals surface area contributed by atoms with E-state index in [4.69, 9.17) is 11.6 Å². The molecule has 0 saturated carbocycles. The molecule has 0 bridgehead atoms. The van der Waals surface area contributed by atoms with Crippen LogP contribution in [0.2, 0.25) is 5.02 Å². The van der Waals surface area contributed by atoms with Crippen LogP contribution in [0.3, 0.4) is 0 Å². The Labute approximate surface area is 183 Å². The number of benzene rings is 2. The maximum atomic E-state index is 13.2. The van der Waals surface area contributed by atoms with E-state index in [1.54, 1.807) is 59.9 Å². The van der Waals surface area contributed by atoms with Gasteiger partial charge < -0.3 is 0 Å². The fourth-order valence-electron chi connectivity index (χ4n) is 3.27. The van der Waals surface area contributed by atoms with Crippen molar-refractivity contribution in [2.24, 2.45) is 5.10 Å². The Morgan fingerprint density at radius 2 is 1.93 bits per heavy atom. The van der Waals surface area contributed by atoms with E-state index in [-0.39, 0.29) is 11.9 Å². The maximum absolute atomic E-state index is 13.2. The first-order chi connectivity index (χ1) is 14.3. The summed E-state index contributed by atoms with van der Waals surface area (Å²) in [7, 11) is -3.34. The van der Waals surface area contributed by atoms with E-state index < -0.39 is 10.0 Å². The second kappa shape index (κ2) is 8.22. The van der Waals surface area contributed by atoms with Gasteiger partial charge in [-0.3, -0.25) is 9.52 Å². The summed E-state index contributed by atoms with van der Waals surface area (Å²) in [5.74, 6) is -0.221. The van der Waals surface area contributed by atoms with E-state index >= 15 is 0 Å². The summed E-state index contributed by atoms with van der Waals surface area (Å²) in [6.07, 6.45) is 1.67. The zero-order valence-electron chi connectivity index (χ0n) is 15.9. The Hall–Kier alpha value is -2.68. The van der Waals surface area contributed by atoms with Gasteiger partial charge in [-0.1, -0.05) is 35.9 Å². The van der Waals surface area contributed by atoms with Gasteiger partial charge in [0.15, 0.2) is 0 Å². The molecule has 3 aromatic rings. The Balaban J connectivity index is 1.66. The number of hydrogen-bond donors (Lipinski definition) is 1. The molecule has 154 valence electrons. The van der Waals surface area contributed by atoms with Gasteiger partial charge in [0.05, 0.1) is 18.0 Å². The van der Waals surface area contributed by atoms with Crippen molar-refractivity contribution >= 4 is 50.3 Å². The smallest absolute Gasteiger partial charge is 0.274 e. The number of rotatable bonds is 5. The summed E-state index contributed by atoms with van der Waals surface area (Å²) in [4.78, 5) is 14.2. The van der Waals surface area contributed by atoms with E-state index in [0.29, 0.717) is 22.7 Å². The van der Waals surface area contributed by atoms with Gasteiger partial charge in [0, 0.05) is 27.6 Å². The summed E-state index contributed by atoms with van der Waals surface area (Å²) in [6, 6.07) is 17.5. The van der Waals surface area contributed by atoms with Crippen LogP contribution >= 0.6 is 22.9 Å². The maximum Gasteiger partial charge on any atom is 0.274 e. The van der Waals surface area contributed by atoms with Crippen LogP contribution in [0, 0.1) is 0 Å². The van der Waals surface area contributed by atoms with E-state index in [0.717, 1.165) is 22.4 Å². The molecule has 6 nitrogen and oxygen atoms in total. The number of thiophene rings is 1. The molecule has 1 aromatic heterocycles. The standard InChI is InChI=1S/C21H18ClN3O3S2/c1-30(27,28)24-17-9-7-14(8-10-17)18-13-19(20-6-3-11-29-20)25(23-18)21(26)15-4-2-5-16(22)12-15/h2-12,19,24H,13H2,1H3/t19-/m0/s1. The number of hydrogen-bond acceptors (Lipinski definition) is 5. The Bertz CT molecular complexity index is 1210. The van der Waals surface area contributed by atoms with Crippen molar-refractivity contribution in [3.8, 4) is 0 Å². The average Bonchev–Trinajstić information content (AvgIpc) is 3.36. The molecule has 1 atom stereocenters. The predicted molar refractivity (Wildman–Crippen MR) is 121 cm³/mol. The lowest BCUT2D eigenvalue weighted by atomic mass is 10.0. The lowest BCUT2D eigenvalue weighted by Gasteiger charge is -2.20. The fourth-order valence-corrected chi connectivity index (χ4v) is 4.84. The quantitative estimate of drug-likeness (QED) is 0.597.